The number of benzene rings is 2. The van der Waals surface area contributed by atoms with Crippen molar-refractivity contribution >= 4 is 28.5 Å². The van der Waals surface area contributed by atoms with Gasteiger partial charge in [-0.1, -0.05) is 41.9 Å². The summed E-state index contributed by atoms with van der Waals surface area (Å²) in [5, 5.41) is 14.0. The zero-order valence-electron chi connectivity index (χ0n) is 16.5. The first kappa shape index (κ1) is 20.4. The van der Waals surface area contributed by atoms with Crippen molar-refractivity contribution in [1.29, 1.82) is 0 Å². The first-order chi connectivity index (χ1) is 14.4. The van der Waals surface area contributed by atoms with Crippen molar-refractivity contribution in [2.75, 3.05) is 6.54 Å². The number of hydrogen-bond acceptors (Lipinski definition) is 5. The molecule has 7 heteroatoms. The van der Waals surface area contributed by atoms with Crippen LogP contribution in [-0.4, -0.2) is 23.7 Å². The maximum Gasteiger partial charge on any atom is 0.339 e. The van der Waals surface area contributed by atoms with E-state index in [1.165, 1.54) is 0 Å². The number of hydrogen-bond donors (Lipinski definition) is 2. The zero-order valence-corrected chi connectivity index (χ0v) is 17.2. The predicted octanol–water partition coefficient (Wildman–Crippen LogP) is 3.55. The molecule has 1 aliphatic rings. The van der Waals surface area contributed by atoms with Crippen LogP contribution in [0.2, 0.25) is 5.02 Å². The number of fused-ring (bicyclic) bond motifs is 3. The first-order valence-corrected chi connectivity index (χ1v) is 10.3. The quantitative estimate of drug-likeness (QED) is 0.587. The van der Waals surface area contributed by atoms with Gasteiger partial charge in [0.1, 0.15) is 11.3 Å². The largest absolute Gasteiger partial charge is 0.479 e. The molecule has 0 fully saturated rings. The highest BCUT2D eigenvalue weighted by atomic mass is 35.5. The third-order valence-corrected chi connectivity index (χ3v) is 5.65. The number of aryl methyl sites for hydroxylation is 1. The topological polar surface area (TPSA) is 88.8 Å². The number of carbonyl (C=O) groups is 1. The van der Waals surface area contributed by atoms with Crippen LogP contribution < -0.4 is 15.7 Å². The van der Waals surface area contributed by atoms with Gasteiger partial charge in [0.05, 0.1) is 11.1 Å². The number of ether oxygens (including phenoxy) is 1. The fourth-order valence-corrected chi connectivity index (χ4v) is 3.96. The van der Waals surface area contributed by atoms with Gasteiger partial charge in [0, 0.05) is 23.6 Å². The second-order valence-electron chi connectivity index (χ2n) is 7.41. The molecule has 1 aromatic heterocycles. The van der Waals surface area contributed by atoms with Gasteiger partial charge in [0.25, 0.3) is 5.91 Å². The van der Waals surface area contributed by atoms with E-state index in [1.54, 1.807) is 31.2 Å². The van der Waals surface area contributed by atoms with Gasteiger partial charge < -0.3 is 19.6 Å². The molecule has 3 aromatic rings. The van der Waals surface area contributed by atoms with Crippen LogP contribution in [0.4, 0.5) is 0 Å². The maximum absolute atomic E-state index is 12.4. The molecule has 2 N–H and O–H groups in total. The Morgan fingerprint density at radius 2 is 1.97 bits per heavy atom. The van der Waals surface area contributed by atoms with E-state index in [1.807, 2.05) is 18.2 Å². The van der Waals surface area contributed by atoms with Gasteiger partial charge >= 0.3 is 5.63 Å². The van der Waals surface area contributed by atoms with Crippen LogP contribution in [0, 0.1) is 0 Å². The van der Waals surface area contributed by atoms with Gasteiger partial charge in [-0.3, -0.25) is 4.79 Å². The molecule has 1 heterocycles. The fourth-order valence-electron chi connectivity index (χ4n) is 3.75. The van der Waals surface area contributed by atoms with E-state index >= 15 is 0 Å². The van der Waals surface area contributed by atoms with Gasteiger partial charge in [-0.15, -0.1) is 0 Å². The smallest absolute Gasteiger partial charge is 0.339 e. The number of nitrogens with one attached hydrogen (secondary N) is 1. The minimum absolute atomic E-state index is 0.0585. The number of rotatable bonds is 6. The first-order valence-electron chi connectivity index (χ1n) is 9.89. The van der Waals surface area contributed by atoms with E-state index in [2.05, 4.69) is 5.32 Å². The number of carbonyl (C=O) groups excluding carboxylic acids is 1. The summed E-state index contributed by atoms with van der Waals surface area (Å²) in [5.41, 5.74) is 2.48. The van der Waals surface area contributed by atoms with Gasteiger partial charge in [-0.25, -0.2) is 4.79 Å². The van der Waals surface area contributed by atoms with E-state index in [0.29, 0.717) is 16.2 Å². The van der Waals surface area contributed by atoms with E-state index in [-0.39, 0.29) is 17.9 Å². The summed E-state index contributed by atoms with van der Waals surface area (Å²) >= 11 is 6.38. The number of aliphatic hydroxyl groups is 1. The lowest BCUT2D eigenvalue weighted by atomic mass is 10.1. The monoisotopic (exact) mass is 427 g/mol. The molecular weight excluding hydrogens is 406 g/mol. The average Bonchev–Trinajstić information content (AvgIpc) is 3.24. The molecule has 0 aliphatic heterocycles. The van der Waals surface area contributed by atoms with Gasteiger partial charge in [0.2, 0.25) is 0 Å². The molecule has 30 heavy (non-hydrogen) atoms. The van der Waals surface area contributed by atoms with Crippen molar-refractivity contribution < 1.29 is 19.1 Å². The second kappa shape index (κ2) is 8.50. The van der Waals surface area contributed by atoms with Crippen LogP contribution in [-0.2, 0) is 17.6 Å². The Balaban J connectivity index is 1.47. The Morgan fingerprint density at radius 3 is 2.73 bits per heavy atom. The van der Waals surface area contributed by atoms with Crippen molar-refractivity contribution in [3.63, 3.8) is 0 Å². The normalized spacial score (nSPS) is 14.9. The van der Waals surface area contributed by atoms with Gasteiger partial charge in [-0.2, -0.15) is 0 Å². The van der Waals surface area contributed by atoms with Gasteiger partial charge in [0.15, 0.2) is 6.10 Å². The van der Waals surface area contributed by atoms with Crippen molar-refractivity contribution in [2.24, 2.45) is 0 Å². The Bertz CT molecular complexity index is 1140. The summed E-state index contributed by atoms with van der Waals surface area (Å²) in [6, 6.07) is 12.4. The lowest BCUT2D eigenvalue weighted by Gasteiger charge is -2.18. The minimum atomic E-state index is -0.857. The number of halogens is 1. The fraction of sp³-hybridized carbons (Fsp3) is 0.304. The van der Waals surface area contributed by atoms with Crippen molar-refractivity contribution in [3.05, 3.63) is 74.6 Å². The van der Waals surface area contributed by atoms with Crippen LogP contribution in [0.5, 0.6) is 5.75 Å². The molecule has 2 aromatic carbocycles. The van der Waals surface area contributed by atoms with E-state index < -0.39 is 18.1 Å². The Morgan fingerprint density at radius 1 is 1.23 bits per heavy atom. The Labute approximate surface area is 178 Å². The molecule has 0 saturated heterocycles. The third-order valence-electron chi connectivity index (χ3n) is 5.35. The lowest BCUT2D eigenvalue weighted by molar-refractivity contribution is -0.127. The summed E-state index contributed by atoms with van der Waals surface area (Å²) in [6.45, 7) is 1.65. The molecule has 0 unspecified atom stereocenters. The predicted molar refractivity (Wildman–Crippen MR) is 114 cm³/mol. The average molecular weight is 428 g/mol. The molecule has 1 aliphatic carbocycles. The number of amides is 1. The van der Waals surface area contributed by atoms with E-state index in [0.717, 1.165) is 35.8 Å². The maximum atomic E-state index is 12.4. The highest BCUT2D eigenvalue weighted by Gasteiger charge is 2.22. The summed E-state index contributed by atoms with van der Waals surface area (Å²) < 4.78 is 11.2. The SMILES string of the molecule is C[C@H](Oc1cc2oc(=O)c3c(c2cc1Cl)CCC3)C(=O)NC[C@@H](O)c1ccccc1. The third kappa shape index (κ3) is 4.06. The number of aliphatic hydroxyl groups excluding tert-OH is 1. The van der Waals surface area contributed by atoms with Crippen LogP contribution in [0.25, 0.3) is 11.0 Å². The standard InChI is InChI=1S/C23H22ClNO5/c1-13(22(27)25-12-19(26)14-6-3-2-4-7-14)29-21-11-20-17(10-18(21)24)15-8-5-9-16(15)23(28)30-20/h2-4,6-7,10-11,13,19,26H,5,8-9,12H2,1H3,(H,25,27)/t13-,19+/m0/s1. The highest BCUT2D eigenvalue weighted by Crippen LogP contribution is 2.35. The molecule has 156 valence electrons. The molecule has 4 rings (SSSR count). The second-order valence-corrected chi connectivity index (χ2v) is 7.82. The summed E-state index contributed by atoms with van der Waals surface area (Å²) in [7, 11) is 0. The molecule has 6 nitrogen and oxygen atoms in total. The molecule has 0 spiro atoms. The molecule has 0 bridgehead atoms. The summed E-state index contributed by atoms with van der Waals surface area (Å²) in [5.74, 6) is -0.131. The Kier molecular flexibility index (Phi) is 5.79. The van der Waals surface area contributed by atoms with Crippen LogP contribution >= 0.6 is 11.6 Å². The molecule has 0 saturated carbocycles. The summed E-state index contributed by atoms with van der Waals surface area (Å²) in [4.78, 5) is 24.6. The van der Waals surface area contributed by atoms with Gasteiger partial charge in [-0.05, 0) is 43.4 Å². The van der Waals surface area contributed by atoms with Crippen molar-refractivity contribution in [3.8, 4) is 5.75 Å². The van der Waals surface area contributed by atoms with E-state index in [4.69, 9.17) is 20.8 Å². The molecular formula is C23H22ClNO5. The summed E-state index contributed by atoms with van der Waals surface area (Å²) in [6.07, 6.45) is 0.778. The zero-order chi connectivity index (χ0) is 21.3. The van der Waals surface area contributed by atoms with E-state index in [9.17, 15) is 14.7 Å². The molecule has 2 atom stereocenters. The Hall–Kier alpha value is -2.83. The van der Waals surface area contributed by atoms with Crippen LogP contribution in [0.15, 0.2) is 51.7 Å². The molecule has 1 amide bonds. The highest BCUT2D eigenvalue weighted by molar-refractivity contribution is 6.32. The van der Waals surface area contributed by atoms with Crippen molar-refractivity contribution in [1.82, 2.24) is 5.32 Å². The van der Waals surface area contributed by atoms with Crippen LogP contribution in [0.3, 0.4) is 0 Å². The van der Waals surface area contributed by atoms with Crippen LogP contribution in [0.1, 0.15) is 36.1 Å². The van der Waals surface area contributed by atoms with Crippen molar-refractivity contribution in [2.45, 2.75) is 38.4 Å². The molecule has 0 radical (unpaired) electrons. The minimum Gasteiger partial charge on any atom is -0.479 e. The lowest BCUT2D eigenvalue weighted by Crippen LogP contribution is -2.38.